The number of nitrogens with zero attached hydrogens (tertiary/aromatic N) is 1. The number of amides is 1. The Bertz CT molecular complexity index is 507. The Balaban J connectivity index is 0.00000192. The van der Waals surface area contributed by atoms with Crippen LogP contribution in [0.25, 0.3) is 0 Å². The van der Waals surface area contributed by atoms with Crippen molar-refractivity contribution in [3.63, 3.8) is 0 Å². The molecular formula is C19H29ClN2O. The lowest BCUT2D eigenvalue weighted by atomic mass is 9.65. The Hall–Kier alpha value is -1.06. The Kier molecular flexibility index (Phi) is 6.10. The summed E-state index contributed by atoms with van der Waals surface area (Å²) in [6.45, 7) is 2.11. The van der Waals surface area contributed by atoms with E-state index >= 15 is 0 Å². The van der Waals surface area contributed by atoms with Gasteiger partial charge in [-0.05, 0) is 50.0 Å². The van der Waals surface area contributed by atoms with Gasteiger partial charge in [-0.1, -0.05) is 36.8 Å². The minimum absolute atomic E-state index is 0. The van der Waals surface area contributed by atoms with E-state index in [2.05, 4.69) is 19.1 Å². The maximum absolute atomic E-state index is 12.9. The molecule has 3 rings (SSSR count). The predicted octanol–water partition coefficient (Wildman–Crippen LogP) is 3.78. The third-order valence-corrected chi connectivity index (χ3v) is 5.97. The molecule has 0 saturated heterocycles. The molecule has 2 saturated carbocycles. The molecule has 0 radical (unpaired) electrons. The van der Waals surface area contributed by atoms with Gasteiger partial charge in [-0.2, -0.15) is 0 Å². The van der Waals surface area contributed by atoms with Crippen molar-refractivity contribution in [1.29, 1.82) is 0 Å². The van der Waals surface area contributed by atoms with E-state index in [4.69, 9.17) is 5.73 Å². The average molecular weight is 337 g/mol. The molecule has 2 aliphatic carbocycles. The first kappa shape index (κ1) is 18.3. The van der Waals surface area contributed by atoms with Crippen molar-refractivity contribution in [2.75, 3.05) is 7.05 Å². The number of nitrogens with two attached hydrogens (primary N) is 1. The van der Waals surface area contributed by atoms with Crippen LogP contribution in [0.15, 0.2) is 30.3 Å². The van der Waals surface area contributed by atoms with Crippen molar-refractivity contribution in [2.24, 2.45) is 23.5 Å². The fourth-order valence-electron chi connectivity index (χ4n) is 4.42. The van der Waals surface area contributed by atoms with Gasteiger partial charge >= 0.3 is 0 Å². The van der Waals surface area contributed by atoms with Crippen LogP contribution >= 0.6 is 12.4 Å². The van der Waals surface area contributed by atoms with Crippen LogP contribution in [-0.2, 0) is 4.79 Å². The maximum atomic E-state index is 12.9. The molecule has 1 aromatic carbocycles. The summed E-state index contributed by atoms with van der Waals surface area (Å²) in [4.78, 5) is 14.9. The Labute approximate surface area is 146 Å². The Morgan fingerprint density at radius 2 is 1.74 bits per heavy atom. The Morgan fingerprint density at radius 3 is 2.30 bits per heavy atom. The molecule has 4 heteroatoms. The highest BCUT2D eigenvalue weighted by Gasteiger charge is 2.41. The summed E-state index contributed by atoms with van der Waals surface area (Å²) in [5.41, 5.74) is 7.55. The van der Waals surface area contributed by atoms with Crippen LogP contribution < -0.4 is 5.73 Å². The zero-order valence-corrected chi connectivity index (χ0v) is 15.0. The third-order valence-electron chi connectivity index (χ3n) is 5.97. The second-order valence-electron chi connectivity index (χ2n) is 7.23. The number of halogens is 1. The molecule has 0 aromatic heterocycles. The van der Waals surface area contributed by atoms with Crippen LogP contribution in [-0.4, -0.2) is 23.9 Å². The lowest BCUT2D eigenvalue weighted by Gasteiger charge is -2.44. The SMILES string of the molecule is CC(c1ccccc1)N(C)C(=O)C1CC2CCCC(C1)C2N.Cl. The number of benzene rings is 1. The van der Waals surface area contributed by atoms with Crippen molar-refractivity contribution < 1.29 is 4.79 Å². The van der Waals surface area contributed by atoms with Gasteiger partial charge in [0.2, 0.25) is 5.91 Å². The minimum atomic E-state index is 0. The summed E-state index contributed by atoms with van der Waals surface area (Å²) in [5.74, 6) is 1.59. The summed E-state index contributed by atoms with van der Waals surface area (Å²) in [7, 11) is 1.95. The lowest BCUT2D eigenvalue weighted by Crippen LogP contribution is -2.49. The van der Waals surface area contributed by atoms with Crippen LogP contribution in [0, 0.1) is 17.8 Å². The average Bonchev–Trinajstić information content (AvgIpc) is 2.53. The first-order valence-electron chi connectivity index (χ1n) is 8.65. The summed E-state index contributed by atoms with van der Waals surface area (Å²) in [6, 6.07) is 10.7. The van der Waals surface area contributed by atoms with Crippen LogP contribution in [0.3, 0.4) is 0 Å². The van der Waals surface area contributed by atoms with Crippen molar-refractivity contribution in [3.05, 3.63) is 35.9 Å². The van der Waals surface area contributed by atoms with Gasteiger partial charge in [-0.3, -0.25) is 4.79 Å². The summed E-state index contributed by atoms with van der Waals surface area (Å²) in [6.07, 6.45) is 5.68. The van der Waals surface area contributed by atoms with Crippen LogP contribution in [0.4, 0.5) is 0 Å². The maximum Gasteiger partial charge on any atom is 0.225 e. The molecule has 2 aliphatic rings. The lowest BCUT2D eigenvalue weighted by molar-refractivity contribution is -0.139. The van der Waals surface area contributed by atoms with E-state index in [1.807, 2.05) is 30.1 Å². The molecule has 0 spiro atoms. The topological polar surface area (TPSA) is 46.3 Å². The van der Waals surface area contributed by atoms with Gasteiger partial charge in [0.05, 0.1) is 6.04 Å². The summed E-state index contributed by atoms with van der Waals surface area (Å²) < 4.78 is 0. The van der Waals surface area contributed by atoms with Crippen LogP contribution in [0.1, 0.15) is 50.6 Å². The molecule has 0 heterocycles. The highest BCUT2D eigenvalue weighted by Crippen LogP contribution is 2.42. The smallest absolute Gasteiger partial charge is 0.225 e. The third kappa shape index (κ3) is 3.72. The van der Waals surface area contributed by atoms with Gasteiger partial charge in [0, 0.05) is 19.0 Å². The monoisotopic (exact) mass is 336 g/mol. The van der Waals surface area contributed by atoms with Crippen LogP contribution in [0.2, 0.25) is 0 Å². The first-order valence-corrected chi connectivity index (χ1v) is 8.65. The van der Waals surface area contributed by atoms with Crippen molar-refractivity contribution in [2.45, 2.75) is 51.1 Å². The Morgan fingerprint density at radius 1 is 1.17 bits per heavy atom. The summed E-state index contributed by atoms with van der Waals surface area (Å²) >= 11 is 0. The number of carbonyl (C=O) groups is 1. The van der Waals surface area contributed by atoms with E-state index in [1.165, 1.54) is 24.8 Å². The van der Waals surface area contributed by atoms with Gasteiger partial charge in [-0.15, -0.1) is 12.4 Å². The number of carbonyl (C=O) groups excluding carboxylic acids is 1. The van der Waals surface area contributed by atoms with E-state index in [0.29, 0.717) is 23.8 Å². The molecule has 3 nitrogen and oxygen atoms in total. The number of rotatable bonds is 3. The quantitative estimate of drug-likeness (QED) is 0.913. The standard InChI is InChI=1S/C19H28N2O.ClH/c1-13(14-7-4-3-5-8-14)21(2)19(22)17-11-15-9-6-10-16(12-17)18(15)20;/h3-5,7-8,13,15-18H,6,9-12,20H2,1-2H3;1H. The number of hydrogen-bond donors (Lipinski definition) is 1. The zero-order valence-electron chi connectivity index (χ0n) is 14.2. The highest BCUT2D eigenvalue weighted by molar-refractivity contribution is 5.85. The number of fused-ring (bicyclic) bond motifs is 2. The minimum Gasteiger partial charge on any atom is -0.339 e. The van der Waals surface area contributed by atoms with E-state index in [9.17, 15) is 4.79 Å². The van der Waals surface area contributed by atoms with Gasteiger partial charge in [0.15, 0.2) is 0 Å². The molecular weight excluding hydrogens is 308 g/mol. The van der Waals surface area contributed by atoms with Gasteiger partial charge in [0.1, 0.15) is 0 Å². The molecule has 0 aliphatic heterocycles. The van der Waals surface area contributed by atoms with Crippen LogP contribution in [0.5, 0.6) is 0 Å². The molecule has 3 unspecified atom stereocenters. The molecule has 128 valence electrons. The van der Waals surface area contributed by atoms with Crippen molar-refractivity contribution >= 4 is 18.3 Å². The predicted molar refractivity (Wildman–Crippen MR) is 96.4 cm³/mol. The first-order chi connectivity index (χ1) is 10.6. The molecule has 2 N–H and O–H groups in total. The molecule has 3 atom stereocenters. The largest absolute Gasteiger partial charge is 0.339 e. The zero-order chi connectivity index (χ0) is 15.7. The second-order valence-corrected chi connectivity index (χ2v) is 7.23. The van der Waals surface area contributed by atoms with Crippen molar-refractivity contribution in [1.82, 2.24) is 4.90 Å². The normalized spacial score (nSPS) is 30.9. The molecule has 1 aromatic rings. The molecule has 1 amide bonds. The van der Waals surface area contributed by atoms with Gasteiger partial charge in [0.25, 0.3) is 0 Å². The second kappa shape index (κ2) is 7.67. The molecule has 23 heavy (non-hydrogen) atoms. The van der Waals surface area contributed by atoms with E-state index in [1.54, 1.807) is 0 Å². The fraction of sp³-hybridized carbons (Fsp3) is 0.632. The van der Waals surface area contributed by atoms with Gasteiger partial charge in [-0.25, -0.2) is 0 Å². The van der Waals surface area contributed by atoms with Crippen molar-refractivity contribution in [3.8, 4) is 0 Å². The van der Waals surface area contributed by atoms with E-state index < -0.39 is 0 Å². The molecule has 2 fully saturated rings. The fourth-order valence-corrected chi connectivity index (χ4v) is 4.42. The number of hydrogen-bond acceptors (Lipinski definition) is 2. The van der Waals surface area contributed by atoms with Gasteiger partial charge < -0.3 is 10.6 Å². The molecule has 2 bridgehead atoms. The van der Waals surface area contributed by atoms with E-state index in [0.717, 1.165) is 12.8 Å². The summed E-state index contributed by atoms with van der Waals surface area (Å²) in [5, 5.41) is 0. The highest BCUT2D eigenvalue weighted by atomic mass is 35.5. The van der Waals surface area contributed by atoms with E-state index in [-0.39, 0.29) is 24.4 Å².